The first kappa shape index (κ1) is 10.6. The average molecular weight is 231 g/mol. The van der Waals surface area contributed by atoms with Crippen LogP contribution in [-0.4, -0.2) is 27.3 Å². The lowest BCUT2D eigenvalue weighted by atomic mass is 10.2. The van der Waals surface area contributed by atoms with Crippen molar-refractivity contribution >= 4 is 17.0 Å². The second-order valence-electron chi connectivity index (χ2n) is 4.72. The van der Waals surface area contributed by atoms with E-state index in [2.05, 4.69) is 40.0 Å². The maximum atomic E-state index is 9.15. The lowest BCUT2D eigenvalue weighted by molar-refractivity contribution is 0.278. The van der Waals surface area contributed by atoms with Crippen LogP contribution in [0.5, 0.6) is 0 Å². The molecular weight excluding hydrogens is 214 g/mol. The van der Waals surface area contributed by atoms with Crippen LogP contribution >= 0.6 is 0 Å². The molecule has 1 saturated carbocycles. The quantitative estimate of drug-likeness (QED) is 0.845. The molecule has 3 rings (SSSR count). The van der Waals surface area contributed by atoms with Crippen LogP contribution in [0.25, 0.3) is 11.0 Å². The molecule has 1 fully saturated rings. The van der Waals surface area contributed by atoms with Gasteiger partial charge in [0.05, 0.1) is 17.6 Å². The van der Waals surface area contributed by atoms with Gasteiger partial charge in [-0.15, -0.1) is 0 Å². The van der Waals surface area contributed by atoms with Gasteiger partial charge in [-0.2, -0.15) is 0 Å². The van der Waals surface area contributed by atoms with Gasteiger partial charge in [-0.05, 0) is 37.5 Å². The lowest BCUT2D eigenvalue weighted by Crippen LogP contribution is -2.10. The standard InChI is InChI=1S/C13H17N3O/c1-9-2-5-12-11(8-9)15-13(14-10-3-4-10)16(12)6-7-17/h2,5,8,10,17H,3-4,6-7H2,1H3,(H,14,15). The number of fused-ring (bicyclic) bond motifs is 1. The van der Waals surface area contributed by atoms with Gasteiger partial charge in [-0.1, -0.05) is 6.07 Å². The number of nitrogens with one attached hydrogen (secondary N) is 1. The Hall–Kier alpha value is -1.55. The summed E-state index contributed by atoms with van der Waals surface area (Å²) in [6.07, 6.45) is 2.45. The van der Waals surface area contributed by atoms with Crippen molar-refractivity contribution in [2.45, 2.75) is 32.4 Å². The predicted molar refractivity (Wildman–Crippen MR) is 68.2 cm³/mol. The summed E-state index contributed by atoms with van der Waals surface area (Å²) in [4.78, 5) is 4.61. The van der Waals surface area contributed by atoms with Crippen LogP contribution in [0.15, 0.2) is 18.2 Å². The van der Waals surface area contributed by atoms with Gasteiger partial charge in [-0.3, -0.25) is 0 Å². The molecule has 17 heavy (non-hydrogen) atoms. The summed E-state index contributed by atoms with van der Waals surface area (Å²) in [7, 11) is 0. The first-order valence-corrected chi connectivity index (χ1v) is 6.12. The van der Waals surface area contributed by atoms with E-state index in [1.807, 2.05) is 0 Å². The van der Waals surface area contributed by atoms with Gasteiger partial charge in [0, 0.05) is 12.6 Å². The number of hydrogen-bond donors (Lipinski definition) is 2. The Morgan fingerprint density at radius 1 is 1.47 bits per heavy atom. The Balaban J connectivity index is 2.07. The summed E-state index contributed by atoms with van der Waals surface area (Å²) in [5.41, 5.74) is 3.30. The van der Waals surface area contributed by atoms with Gasteiger partial charge in [-0.25, -0.2) is 4.98 Å². The minimum Gasteiger partial charge on any atom is -0.395 e. The van der Waals surface area contributed by atoms with E-state index in [0.717, 1.165) is 17.0 Å². The van der Waals surface area contributed by atoms with Crippen molar-refractivity contribution in [1.29, 1.82) is 0 Å². The van der Waals surface area contributed by atoms with Crippen LogP contribution in [0.4, 0.5) is 5.95 Å². The lowest BCUT2D eigenvalue weighted by Gasteiger charge is -2.08. The van der Waals surface area contributed by atoms with Gasteiger partial charge in [0.2, 0.25) is 5.95 Å². The molecule has 90 valence electrons. The molecule has 1 aliphatic rings. The zero-order chi connectivity index (χ0) is 11.8. The molecule has 2 N–H and O–H groups in total. The number of hydrogen-bond acceptors (Lipinski definition) is 3. The topological polar surface area (TPSA) is 50.1 Å². The molecule has 0 amide bonds. The fourth-order valence-corrected chi connectivity index (χ4v) is 2.09. The van der Waals surface area contributed by atoms with Crippen LogP contribution in [0.3, 0.4) is 0 Å². The zero-order valence-electron chi connectivity index (χ0n) is 9.98. The first-order chi connectivity index (χ1) is 8.28. The highest BCUT2D eigenvalue weighted by molar-refractivity contribution is 5.79. The van der Waals surface area contributed by atoms with Crippen LogP contribution in [-0.2, 0) is 6.54 Å². The van der Waals surface area contributed by atoms with Crippen molar-refractivity contribution < 1.29 is 5.11 Å². The van der Waals surface area contributed by atoms with Crippen molar-refractivity contribution in [3.63, 3.8) is 0 Å². The van der Waals surface area contributed by atoms with Crippen LogP contribution < -0.4 is 5.32 Å². The van der Waals surface area contributed by atoms with E-state index in [-0.39, 0.29) is 6.61 Å². The Morgan fingerprint density at radius 2 is 2.29 bits per heavy atom. The van der Waals surface area contributed by atoms with Crippen molar-refractivity contribution in [2.75, 3.05) is 11.9 Å². The third kappa shape index (κ3) is 2.00. The molecule has 1 aromatic carbocycles. The molecule has 0 spiro atoms. The molecular formula is C13H17N3O. The monoisotopic (exact) mass is 231 g/mol. The van der Waals surface area contributed by atoms with E-state index in [1.54, 1.807) is 0 Å². The van der Waals surface area contributed by atoms with Gasteiger partial charge < -0.3 is 15.0 Å². The van der Waals surface area contributed by atoms with E-state index in [1.165, 1.54) is 18.4 Å². The number of imidazole rings is 1. The number of aliphatic hydroxyl groups is 1. The summed E-state index contributed by atoms with van der Waals surface area (Å²) in [5, 5.41) is 12.6. The Kier molecular flexibility index (Phi) is 2.52. The third-order valence-electron chi connectivity index (χ3n) is 3.14. The smallest absolute Gasteiger partial charge is 0.204 e. The summed E-state index contributed by atoms with van der Waals surface area (Å²) < 4.78 is 2.06. The molecule has 2 aromatic rings. The molecule has 0 unspecified atom stereocenters. The largest absolute Gasteiger partial charge is 0.395 e. The fraction of sp³-hybridized carbons (Fsp3) is 0.462. The number of benzene rings is 1. The molecule has 4 heteroatoms. The van der Waals surface area contributed by atoms with E-state index in [4.69, 9.17) is 5.11 Å². The number of aryl methyl sites for hydroxylation is 1. The second-order valence-corrected chi connectivity index (χ2v) is 4.72. The number of nitrogens with zero attached hydrogens (tertiary/aromatic N) is 2. The average Bonchev–Trinajstić information content (AvgIpc) is 3.04. The summed E-state index contributed by atoms with van der Waals surface area (Å²) >= 11 is 0. The Morgan fingerprint density at radius 3 is 3.00 bits per heavy atom. The maximum absolute atomic E-state index is 9.15. The maximum Gasteiger partial charge on any atom is 0.204 e. The highest BCUT2D eigenvalue weighted by atomic mass is 16.3. The number of aliphatic hydroxyl groups excluding tert-OH is 1. The second kappa shape index (κ2) is 4.04. The molecule has 0 radical (unpaired) electrons. The van der Waals surface area contributed by atoms with E-state index >= 15 is 0 Å². The summed E-state index contributed by atoms with van der Waals surface area (Å²) in [5.74, 6) is 0.891. The van der Waals surface area contributed by atoms with Crippen LogP contribution in [0.1, 0.15) is 18.4 Å². The Bertz CT molecular complexity index is 543. The molecule has 1 aromatic heterocycles. The van der Waals surface area contributed by atoms with Gasteiger partial charge in [0.25, 0.3) is 0 Å². The molecule has 0 atom stereocenters. The summed E-state index contributed by atoms with van der Waals surface area (Å²) in [6.45, 7) is 2.80. The SMILES string of the molecule is Cc1ccc2c(c1)nc(NC1CC1)n2CCO. The minimum atomic E-state index is 0.138. The Labute approximate surface area is 100 Å². The van der Waals surface area contributed by atoms with E-state index in [9.17, 15) is 0 Å². The minimum absolute atomic E-state index is 0.138. The molecule has 0 bridgehead atoms. The van der Waals surface area contributed by atoms with E-state index in [0.29, 0.717) is 12.6 Å². The first-order valence-electron chi connectivity index (χ1n) is 6.12. The molecule has 0 aliphatic heterocycles. The van der Waals surface area contributed by atoms with Crippen LogP contribution in [0, 0.1) is 6.92 Å². The third-order valence-corrected chi connectivity index (χ3v) is 3.14. The normalized spacial score (nSPS) is 15.4. The number of rotatable bonds is 4. The van der Waals surface area contributed by atoms with Crippen LogP contribution in [0.2, 0.25) is 0 Å². The van der Waals surface area contributed by atoms with Gasteiger partial charge in [0.1, 0.15) is 0 Å². The summed E-state index contributed by atoms with van der Waals surface area (Å²) in [6, 6.07) is 6.82. The highest BCUT2D eigenvalue weighted by Crippen LogP contribution is 2.27. The van der Waals surface area contributed by atoms with Crippen molar-refractivity contribution in [3.05, 3.63) is 23.8 Å². The van der Waals surface area contributed by atoms with Crippen molar-refractivity contribution in [3.8, 4) is 0 Å². The van der Waals surface area contributed by atoms with Crippen molar-refractivity contribution in [1.82, 2.24) is 9.55 Å². The molecule has 1 aliphatic carbocycles. The van der Waals surface area contributed by atoms with E-state index < -0.39 is 0 Å². The van der Waals surface area contributed by atoms with Gasteiger partial charge >= 0.3 is 0 Å². The fourth-order valence-electron chi connectivity index (χ4n) is 2.09. The highest BCUT2D eigenvalue weighted by Gasteiger charge is 2.23. The molecule has 1 heterocycles. The molecule has 0 saturated heterocycles. The number of aromatic nitrogens is 2. The van der Waals surface area contributed by atoms with Gasteiger partial charge in [0.15, 0.2) is 0 Å². The molecule has 4 nitrogen and oxygen atoms in total. The predicted octanol–water partition coefficient (Wildman–Crippen LogP) is 1.91. The van der Waals surface area contributed by atoms with Crippen molar-refractivity contribution in [2.24, 2.45) is 0 Å². The zero-order valence-corrected chi connectivity index (χ0v) is 9.98. The number of anilines is 1.